The van der Waals surface area contributed by atoms with Gasteiger partial charge in [0.2, 0.25) is 0 Å². The van der Waals surface area contributed by atoms with Crippen molar-refractivity contribution in [2.75, 3.05) is 6.54 Å². The summed E-state index contributed by atoms with van der Waals surface area (Å²) in [4.78, 5) is 0. The Hall–Kier alpha value is -0.800. The topological polar surface area (TPSA) is 46.2 Å². The standard InChI is InChI=1S/C12H15ClFNO/c13-10-9(16)4-3-8(11(10)14)12(7-15)5-1-2-6-12/h3-4,16H,1-2,5-7,15H2. The van der Waals surface area contributed by atoms with Crippen LogP contribution in [0, 0.1) is 5.82 Å². The molecule has 16 heavy (non-hydrogen) atoms. The summed E-state index contributed by atoms with van der Waals surface area (Å²) in [6.07, 6.45) is 3.91. The predicted molar refractivity (Wildman–Crippen MR) is 62.3 cm³/mol. The lowest BCUT2D eigenvalue weighted by Crippen LogP contribution is -2.33. The lowest BCUT2D eigenvalue weighted by atomic mass is 9.78. The van der Waals surface area contributed by atoms with Crippen molar-refractivity contribution in [1.29, 1.82) is 0 Å². The second-order valence-electron chi connectivity index (χ2n) is 4.45. The fraction of sp³-hybridized carbons (Fsp3) is 0.500. The molecule has 1 aromatic carbocycles. The van der Waals surface area contributed by atoms with E-state index in [2.05, 4.69) is 0 Å². The van der Waals surface area contributed by atoms with Gasteiger partial charge in [-0.15, -0.1) is 0 Å². The first-order valence-corrected chi connectivity index (χ1v) is 5.86. The molecule has 0 unspecified atom stereocenters. The monoisotopic (exact) mass is 243 g/mol. The molecule has 0 bridgehead atoms. The predicted octanol–water partition coefficient (Wildman–Crippen LogP) is 2.96. The zero-order valence-corrected chi connectivity index (χ0v) is 9.73. The lowest BCUT2D eigenvalue weighted by molar-refractivity contribution is 0.420. The van der Waals surface area contributed by atoms with Crippen LogP contribution in [0.25, 0.3) is 0 Å². The third-order valence-electron chi connectivity index (χ3n) is 3.58. The van der Waals surface area contributed by atoms with Gasteiger partial charge < -0.3 is 10.8 Å². The summed E-state index contributed by atoms with van der Waals surface area (Å²) in [7, 11) is 0. The first kappa shape index (κ1) is 11.7. The van der Waals surface area contributed by atoms with Crippen molar-refractivity contribution in [2.45, 2.75) is 31.1 Å². The molecule has 88 valence electrons. The molecule has 0 heterocycles. The Morgan fingerprint density at radius 2 is 2.00 bits per heavy atom. The number of rotatable bonds is 2. The quantitative estimate of drug-likeness (QED) is 0.839. The zero-order chi connectivity index (χ0) is 11.8. The third kappa shape index (κ3) is 1.68. The van der Waals surface area contributed by atoms with Gasteiger partial charge in [-0.05, 0) is 24.5 Å². The second-order valence-corrected chi connectivity index (χ2v) is 4.83. The van der Waals surface area contributed by atoms with Crippen LogP contribution in [0.1, 0.15) is 31.2 Å². The summed E-state index contributed by atoms with van der Waals surface area (Å²) in [5.74, 6) is -0.734. The van der Waals surface area contributed by atoms with E-state index in [0.717, 1.165) is 25.7 Å². The first-order chi connectivity index (χ1) is 7.60. The molecular formula is C12H15ClFNO. The van der Waals surface area contributed by atoms with Crippen molar-refractivity contribution in [3.8, 4) is 5.75 Å². The van der Waals surface area contributed by atoms with Gasteiger partial charge in [-0.25, -0.2) is 4.39 Å². The van der Waals surface area contributed by atoms with Crippen molar-refractivity contribution in [3.63, 3.8) is 0 Å². The van der Waals surface area contributed by atoms with Gasteiger partial charge in [0.25, 0.3) is 0 Å². The van der Waals surface area contributed by atoms with Gasteiger partial charge in [-0.1, -0.05) is 30.5 Å². The van der Waals surface area contributed by atoms with Crippen LogP contribution in [0.2, 0.25) is 5.02 Å². The largest absolute Gasteiger partial charge is 0.506 e. The van der Waals surface area contributed by atoms with Gasteiger partial charge in [0.15, 0.2) is 0 Å². The molecule has 1 fully saturated rings. The summed E-state index contributed by atoms with van der Waals surface area (Å²) in [5.41, 5.74) is 6.05. The zero-order valence-electron chi connectivity index (χ0n) is 8.97. The van der Waals surface area contributed by atoms with E-state index in [1.54, 1.807) is 6.07 Å². The Labute approximate surface area is 99.2 Å². The van der Waals surface area contributed by atoms with Crippen molar-refractivity contribution < 1.29 is 9.50 Å². The van der Waals surface area contributed by atoms with Crippen LogP contribution in [-0.2, 0) is 5.41 Å². The van der Waals surface area contributed by atoms with E-state index in [0.29, 0.717) is 12.1 Å². The number of phenols is 1. The second kappa shape index (κ2) is 4.22. The van der Waals surface area contributed by atoms with Crippen LogP contribution in [0.3, 0.4) is 0 Å². The summed E-state index contributed by atoms with van der Waals surface area (Å²) in [6.45, 7) is 0.422. The molecule has 0 aliphatic heterocycles. The van der Waals surface area contributed by atoms with Crippen molar-refractivity contribution >= 4 is 11.6 Å². The minimum Gasteiger partial charge on any atom is -0.506 e. The Morgan fingerprint density at radius 1 is 1.38 bits per heavy atom. The molecule has 0 atom stereocenters. The van der Waals surface area contributed by atoms with Crippen molar-refractivity contribution in [1.82, 2.24) is 0 Å². The molecular weight excluding hydrogens is 229 g/mol. The number of benzene rings is 1. The molecule has 4 heteroatoms. The summed E-state index contributed by atoms with van der Waals surface area (Å²) >= 11 is 5.71. The van der Waals surface area contributed by atoms with E-state index in [4.69, 9.17) is 17.3 Å². The van der Waals surface area contributed by atoms with E-state index in [-0.39, 0.29) is 16.2 Å². The molecule has 3 N–H and O–H groups in total. The smallest absolute Gasteiger partial charge is 0.149 e. The Morgan fingerprint density at radius 3 is 2.56 bits per heavy atom. The van der Waals surface area contributed by atoms with Crippen LogP contribution < -0.4 is 5.73 Å². The number of phenolic OH excluding ortho intramolecular Hbond substituents is 1. The maximum Gasteiger partial charge on any atom is 0.149 e. The highest BCUT2D eigenvalue weighted by molar-refractivity contribution is 6.32. The van der Waals surface area contributed by atoms with E-state index in [1.165, 1.54) is 6.07 Å². The fourth-order valence-electron chi connectivity index (χ4n) is 2.58. The number of hydrogen-bond acceptors (Lipinski definition) is 2. The molecule has 1 saturated carbocycles. The van der Waals surface area contributed by atoms with Gasteiger partial charge in [0, 0.05) is 12.0 Å². The van der Waals surface area contributed by atoms with Crippen LogP contribution in [-0.4, -0.2) is 11.7 Å². The Kier molecular flexibility index (Phi) is 3.08. The maximum atomic E-state index is 14.0. The van der Waals surface area contributed by atoms with Crippen molar-refractivity contribution in [2.24, 2.45) is 5.73 Å². The molecule has 2 nitrogen and oxygen atoms in total. The molecule has 0 saturated heterocycles. The number of halogens is 2. The molecule has 0 radical (unpaired) electrons. The Bertz CT molecular complexity index is 402. The summed E-state index contributed by atoms with van der Waals surface area (Å²) in [6, 6.07) is 3.05. The van der Waals surface area contributed by atoms with E-state index in [1.807, 2.05) is 0 Å². The van der Waals surface area contributed by atoms with Gasteiger partial charge >= 0.3 is 0 Å². The normalized spacial score (nSPS) is 18.9. The van der Waals surface area contributed by atoms with Crippen LogP contribution >= 0.6 is 11.6 Å². The summed E-state index contributed by atoms with van der Waals surface area (Å²) < 4.78 is 14.0. The number of aromatic hydroxyl groups is 1. The Balaban J connectivity index is 2.51. The van der Waals surface area contributed by atoms with Crippen LogP contribution in [0.4, 0.5) is 4.39 Å². The minimum atomic E-state index is -0.519. The van der Waals surface area contributed by atoms with Gasteiger partial charge in [0.05, 0.1) is 0 Å². The lowest BCUT2D eigenvalue weighted by Gasteiger charge is -2.28. The highest BCUT2D eigenvalue weighted by Gasteiger charge is 2.37. The maximum absolute atomic E-state index is 14.0. The molecule has 0 amide bonds. The van der Waals surface area contributed by atoms with Gasteiger partial charge in [-0.3, -0.25) is 0 Å². The SMILES string of the molecule is NCC1(c2ccc(O)c(Cl)c2F)CCCC1. The molecule has 1 aliphatic rings. The van der Waals surface area contributed by atoms with Crippen LogP contribution in [0.5, 0.6) is 5.75 Å². The molecule has 2 rings (SSSR count). The van der Waals surface area contributed by atoms with E-state index >= 15 is 0 Å². The highest BCUT2D eigenvalue weighted by atomic mass is 35.5. The molecule has 1 aromatic rings. The third-order valence-corrected chi connectivity index (χ3v) is 3.94. The van der Waals surface area contributed by atoms with Crippen LogP contribution in [0.15, 0.2) is 12.1 Å². The van der Waals surface area contributed by atoms with Gasteiger partial charge in [0.1, 0.15) is 16.6 Å². The molecule has 0 spiro atoms. The summed E-state index contributed by atoms with van der Waals surface area (Å²) in [5, 5.41) is 9.12. The molecule has 1 aliphatic carbocycles. The number of hydrogen-bond donors (Lipinski definition) is 2. The first-order valence-electron chi connectivity index (χ1n) is 5.48. The van der Waals surface area contributed by atoms with Crippen molar-refractivity contribution in [3.05, 3.63) is 28.5 Å². The average molecular weight is 244 g/mol. The molecule has 0 aromatic heterocycles. The average Bonchev–Trinajstić information content (AvgIpc) is 2.76. The number of nitrogens with two attached hydrogens (primary N) is 1. The fourth-order valence-corrected chi connectivity index (χ4v) is 2.75. The minimum absolute atomic E-state index is 0.197. The van der Waals surface area contributed by atoms with E-state index < -0.39 is 5.82 Å². The van der Waals surface area contributed by atoms with Gasteiger partial charge in [-0.2, -0.15) is 0 Å². The highest BCUT2D eigenvalue weighted by Crippen LogP contribution is 2.43. The van der Waals surface area contributed by atoms with E-state index in [9.17, 15) is 9.50 Å².